The average molecular weight is 491 g/mol. The molecule has 0 aromatic heterocycles. The molecule has 1 fully saturated rings. The van der Waals surface area contributed by atoms with Gasteiger partial charge in [-0.15, -0.1) is 0 Å². The summed E-state index contributed by atoms with van der Waals surface area (Å²) in [5, 5.41) is 13.8. The minimum atomic E-state index is -0.465. The van der Waals surface area contributed by atoms with Crippen molar-refractivity contribution < 1.29 is 19.2 Å². The van der Waals surface area contributed by atoms with Crippen LogP contribution in [0.25, 0.3) is 0 Å². The van der Waals surface area contributed by atoms with Crippen LogP contribution in [0.3, 0.4) is 0 Å². The largest absolute Gasteiger partial charge is 0.489 e. The van der Waals surface area contributed by atoms with Gasteiger partial charge >= 0.3 is 6.03 Å². The van der Waals surface area contributed by atoms with Gasteiger partial charge in [-0.2, -0.15) is 0 Å². The molecular formula is C27H30N4O5. The molecule has 0 atom stereocenters. The second-order valence-corrected chi connectivity index (χ2v) is 8.53. The number of carbonyl (C=O) groups is 1. The van der Waals surface area contributed by atoms with Crippen molar-refractivity contribution in [1.82, 2.24) is 9.80 Å². The number of hydrogen-bond donors (Lipinski definition) is 1. The second-order valence-electron chi connectivity index (χ2n) is 8.53. The van der Waals surface area contributed by atoms with Gasteiger partial charge in [-0.05, 0) is 35.4 Å². The summed E-state index contributed by atoms with van der Waals surface area (Å²) >= 11 is 0. The topological polar surface area (TPSA) is 97.2 Å². The first-order valence-electron chi connectivity index (χ1n) is 11.9. The minimum absolute atomic E-state index is 0.0236. The van der Waals surface area contributed by atoms with Gasteiger partial charge in [0.25, 0.3) is 5.69 Å². The number of nitrogens with zero attached hydrogens (tertiary/aromatic N) is 3. The zero-order valence-corrected chi connectivity index (χ0v) is 20.0. The van der Waals surface area contributed by atoms with Gasteiger partial charge in [0.1, 0.15) is 12.4 Å². The van der Waals surface area contributed by atoms with E-state index in [1.807, 2.05) is 54.6 Å². The molecule has 1 aliphatic heterocycles. The number of rotatable bonds is 10. The summed E-state index contributed by atoms with van der Waals surface area (Å²) in [6.45, 7) is 5.15. The Hall–Kier alpha value is -3.95. The van der Waals surface area contributed by atoms with Crippen molar-refractivity contribution in [2.45, 2.75) is 13.2 Å². The first-order chi connectivity index (χ1) is 17.6. The lowest BCUT2D eigenvalue weighted by atomic mass is 10.2. The molecular weight excluding hydrogens is 460 g/mol. The molecule has 2 amide bonds. The number of hydrogen-bond acceptors (Lipinski definition) is 6. The molecule has 188 valence electrons. The van der Waals surface area contributed by atoms with E-state index in [9.17, 15) is 14.9 Å². The van der Waals surface area contributed by atoms with Crippen LogP contribution < -0.4 is 10.1 Å². The number of nitro benzene ring substituents is 1. The lowest BCUT2D eigenvalue weighted by Crippen LogP contribution is -2.44. The van der Waals surface area contributed by atoms with Crippen LogP contribution in [0.15, 0.2) is 78.9 Å². The Labute approximate surface area is 210 Å². The van der Waals surface area contributed by atoms with E-state index in [-0.39, 0.29) is 11.7 Å². The lowest BCUT2D eigenvalue weighted by molar-refractivity contribution is -0.384. The van der Waals surface area contributed by atoms with Crippen molar-refractivity contribution in [2.24, 2.45) is 0 Å². The van der Waals surface area contributed by atoms with E-state index in [4.69, 9.17) is 9.47 Å². The van der Waals surface area contributed by atoms with Crippen LogP contribution in [0.1, 0.15) is 11.1 Å². The summed E-state index contributed by atoms with van der Waals surface area (Å²) in [6, 6.07) is 23.2. The van der Waals surface area contributed by atoms with Gasteiger partial charge in [0, 0.05) is 50.5 Å². The number of urea groups is 1. The zero-order chi connectivity index (χ0) is 25.2. The number of nitro groups is 1. The Balaban J connectivity index is 1.42. The van der Waals surface area contributed by atoms with Crippen molar-refractivity contribution in [1.29, 1.82) is 0 Å². The van der Waals surface area contributed by atoms with Crippen LogP contribution in [-0.2, 0) is 17.9 Å². The van der Waals surface area contributed by atoms with E-state index in [1.54, 1.807) is 4.90 Å². The smallest absolute Gasteiger partial charge is 0.322 e. The number of amides is 2. The molecule has 1 aliphatic rings. The lowest BCUT2D eigenvalue weighted by Gasteiger charge is -2.30. The highest BCUT2D eigenvalue weighted by Gasteiger charge is 2.18. The first-order valence-corrected chi connectivity index (χ1v) is 11.9. The average Bonchev–Trinajstić information content (AvgIpc) is 2.91. The van der Waals surface area contributed by atoms with Crippen molar-refractivity contribution in [3.63, 3.8) is 0 Å². The van der Waals surface area contributed by atoms with Crippen molar-refractivity contribution in [2.75, 3.05) is 44.7 Å². The molecule has 4 rings (SSSR count). The standard InChI is InChI=1S/C27H30N4O5/c32-27(28-24-9-11-25(12-10-24)31(33)34)30(14-13-29-15-17-35-18-16-29)20-23-7-4-8-26(19-23)36-21-22-5-2-1-3-6-22/h1-12,19H,13-18,20-21H2,(H,28,32). The summed E-state index contributed by atoms with van der Waals surface area (Å²) < 4.78 is 11.4. The predicted octanol–water partition coefficient (Wildman–Crippen LogP) is 4.54. The monoisotopic (exact) mass is 490 g/mol. The fraction of sp³-hybridized carbons (Fsp3) is 0.296. The SMILES string of the molecule is O=C(Nc1ccc([N+](=O)[O-])cc1)N(CCN1CCOCC1)Cc1cccc(OCc2ccccc2)c1. The number of nitrogens with one attached hydrogen (secondary N) is 1. The maximum atomic E-state index is 13.2. The highest BCUT2D eigenvalue weighted by Crippen LogP contribution is 2.19. The maximum Gasteiger partial charge on any atom is 0.322 e. The highest BCUT2D eigenvalue weighted by molar-refractivity contribution is 5.89. The minimum Gasteiger partial charge on any atom is -0.489 e. The molecule has 9 nitrogen and oxygen atoms in total. The summed E-state index contributed by atoms with van der Waals surface area (Å²) in [4.78, 5) is 27.7. The fourth-order valence-electron chi connectivity index (χ4n) is 3.90. The van der Waals surface area contributed by atoms with Crippen LogP contribution in [-0.4, -0.2) is 60.1 Å². The maximum absolute atomic E-state index is 13.2. The van der Waals surface area contributed by atoms with E-state index >= 15 is 0 Å². The van der Waals surface area contributed by atoms with Crippen molar-refractivity contribution in [3.05, 3.63) is 100 Å². The third-order valence-electron chi connectivity index (χ3n) is 5.93. The van der Waals surface area contributed by atoms with E-state index in [1.165, 1.54) is 24.3 Å². The van der Waals surface area contributed by atoms with Gasteiger partial charge in [-0.3, -0.25) is 15.0 Å². The predicted molar refractivity (Wildman–Crippen MR) is 137 cm³/mol. The van der Waals surface area contributed by atoms with Crippen LogP contribution in [0.4, 0.5) is 16.2 Å². The fourth-order valence-corrected chi connectivity index (χ4v) is 3.90. The molecule has 0 saturated carbocycles. The molecule has 0 bridgehead atoms. The van der Waals surface area contributed by atoms with E-state index in [2.05, 4.69) is 10.2 Å². The van der Waals surface area contributed by atoms with E-state index < -0.39 is 4.92 Å². The number of anilines is 1. The number of non-ortho nitro benzene ring substituents is 1. The van der Waals surface area contributed by atoms with Crippen molar-refractivity contribution in [3.8, 4) is 5.75 Å². The number of benzene rings is 3. The first kappa shape index (κ1) is 25.2. The number of carbonyl (C=O) groups excluding carboxylic acids is 1. The summed E-state index contributed by atoms with van der Waals surface area (Å²) in [7, 11) is 0. The van der Waals surface area contributed by atoms with Gasteiger partial charge < -0.3 is 19.7 Å². The van der Waals surface area contributed by atoms with Gasteiger partial charge in [0.05, 0.1) is 18.1 Å². The molecule has 1 heterocycles. The summed E-state index contributed by atoms with van der Waals surface area (Å²) in [5.41, 5.74) is 2.50. The van der Waals surface area contributed by atoms with E-state index in [0.29, 0.717) is 38.6 Å². The van der Waals surface area contributed by atoms with Crippen LogP contribution in [0.5, 0.6) is 5.75 Å². The molecule has 1 saturated heterocycles. The van der Waals surface area contributed by atoms with Gasteiger partial charge in [-0.1, -0.05) is 42.5 Å². The Morgan fingerprint density at radius 1 is 1.00 bits per heavy atom. The molecule has 0 aliphatic carbocycles. The summed E-state index contributed by atoms with van der Waals surface area (Å²) in [5.74, 6) is 0.736. The Kier molecular flexibility index (Phi) is 8.85. The molecule has 3 aromatic rings. The normalized spacial score (nSPS) is 13.7. The third kappa shape index (κ3) is 7.53. The Morgan fingerprint density at radius 2 is 1.72 bits per heavy atom. The Bertz CT molecular complexity index is 1130. The molecule has 3 aromatic carbocycles. The summed E-state index contributed by atoms with van der Waals surface area (Å²) in [6.07, 6.45) is 0. The van der Waals surface area contributed by atoms with Crippen molar-refractivity contribution >= 4 is 17.4 Å². The van der Waals surface area contributed by atoms with Crippen LogP contribution in [0.2, 0.25) is 0 Å². The van der Waals surface area contributed by atoms with Crippen LogP contribution >= 0.6 is 0 Å². The molecule has 36 heavy (non-hydrogen) atoms. The van der Waals surface area contributed by atoms with E-state index in [0.717, 1.165) is 36.5 Å². The molecule has 0 spiro atoms. The molecule has 0 radical (unpaired) electrons. The number of ether oxygens (including phenoxy) is 2. The Morgan fingerprint density at radius 3 is 2.44 bits per heavy atom. The highest BCUT2D eigenvalue weighted by atomic mass is 16.6. The number of morpholine rings is 1. The zero-order valence-electron chi connectivity index (χ0n) is 20.0. The molecule has 1 N–H and O–H groups in total. The van der Waals surface area contributed by atoms with Gasteiger partial charge in [-0.25, -0.2) is 4.79 Å². The van der Waals surface area contributed by atoms with Crippen LogP contribution in [0, 0.1) is 10.1 Å². The molecule has 0 unspecified atom stereocenters. The van der Waals surface area contributed by atoms with Gasteiger partial charge in [0.2, 0.25) is 0 Å². The second kappa shape index (κ2) is 12.7. The quantitative estimate of drug-likeness (QED) is 0.331. The third-order valence-corrected chi connectivity index (χ3v) is 5.93. The molecule has 9 heteroatoms. The van der Waals surface area contributed by atoms with Gasteiger partial charge in [0.15, 0.2) is 0 Å².